The van der Waals surface area contributed by atoms with Crippen LogP contribution in [-0.4, -0.2) is 22.6 Å². The molecule has 0 atom stereocenters. The van der Waals surface area contributed by atoms with Crippen molar-refractivity contribution >= 4 is 11.9 Å². The van der Waals surface area contributed by atoms with Crippen molar-refractivity contribution in [3.63, 3.8) is 0 Å². The fourth-order valence-corrected chi connectivity index (χ4v) is 0.754. The van der Waals surface area contributed by atoms with Crippen LogP contribution in [0.3, 0.4) is 0 Å². The topological polar surface area (TPSA) is 89.9 Å². The Hall–Kier alpha value is -1.72. The van der Waals surface area contributed by atoms with Gasteiger partial charge < -0.3 is 9.84 Å². The summed E-state index contributed by atoms with van der Waals surface area (Å²) in [5.41, 5.74) is -0.660. The van der Waals surface area contributed by atoms with Gasteiger partial charge in [0, 0.05) is 0 Å². The van der Waals surface area contributed by atoms with Crippen molar-refractivity contribution in [2.45, 2.75) is 32.8 Å². The van der Waals surface area contributed by atoms with Gasteiger partial charge in [-0.15, -0.1) is 0 Å². The van der Waals surface area contributed by atoms with Crippen molar-refractivity contribution < 1.29 is 28.6 Å². The van der Waals surface area contributed by atoms with Crippen LogP contribution in [0.25, 0.3) is 0 Å². The molecule has 0 fully saturated rings. The fraction of sp³-hybridized carbons (Fsp3) is 0.556. The maximum Gasteiger partial charge on any atom is 0.384 e. The Labute approximate surface area is 85.7 Å². The Morgan fingerprint density at radius 1 is 1.33 bits per heavy atom. The number of carboxylic acids is 1. The van der Waals surface area contributed by atoms with Gasteiger partial charge in [-0.1, -0.05) is 6.92 Å². The van der Waals surface area contributed by atoms with Crippen molar-refractivity contribution in [1.82, 2.24) is 0 Å². The van der Waals surface area contributed by atoms with E-state index >= 15 is 0 Å². The third kappa shape index (κ3) is 2.39. The normalized spacial score (nSPS) is 11.4. The summed E-state index contributed by atoms with van der Waals surface area (Å²) in [6.45, 7) is 5.27. The van der Waals surface area contributed by atoms with Gasteiger partial charge in [0.15, 0.2) is 0 Å². The number of aromatic carboxylic acids is 1. The molecule has 0 bridgehead atoms. The summed E-state index contributed by atoms with van der Waals surface area (Å²) in [6, 6.07) is 0. The first kappa shape index (κ1) is 11.4. The van der Waals surface area contributed by atoms with Gasteiger partial charge in [-0.2, -0.15) is 0 Å². The Morgan fingerprint density at radius 3 is 2.20 bits per heavy atom. The summed E-state index contributed by atoms with van der Waals surface area (Å²) in [6.07, 6.45) is 0.606. The summed E-state index contributed by atoms with van der Waals surface area (Å²) in [7, 11) is 0. The Balaban J connectivity index is 2.72. The van der Waals surface area contributed by atoms with Gasteiger partial charge in [0.05, 0.1) is 0 Å². The molecule has 6 nitrogen and oxygen atoms in total. The monoisotopic (exact) mass is 216 g/mol. The van der Waals surface area contributed by atoms with Crippen molar-refractivity contribution in [1.29, 1.82) is 0 Å². The molecule has 1 rings (SSSR count). The fourth-order valence-electron chi connectivity index (χ4n) is 0.754. The predicted octanol–water partition coefficient (Wildman–Crippen LogP) is 1.92. The molecule has 0 spiro atoms. The standard InChI is InChI=1S/C9H12O6/c1-4-9(2,3)13-8(12)6-5(7(10)11)14-15-6/h4H2,1-3H3,(H,10,11). The predicted molar refractivity (Wildman–Crippen MR) is 47.7 cm³/mol. The Morgan fingerprint density at radius 2 is 1.87 bits per heavy atom. The molecule has 0 aliphatic rings. The third-order valence-electron chi connectivity index (χ3n) is 2.01. The van der Waals surface area contributed by atoms with Crippen molar-refractivity contribution in [2.75, 3.05) is 0 Å². The van der Waals surface area contributed by atoms with Gasteiger partial charge in [0.2, 0.25) is 0 Å². The molecule has 1 heterocycles. The van der Waals surface area contributed by atoms with Crippen LogP contribution < -0.4 is 0 Å². The number of hydrogen-bond donors (Lipinski definition) is 1. The highest BCUT2D eigenvalue weighted by Gasteiger charge is 2.33. The number of rotatable bonds is 4. The van der Waals surface area contributed by atoms with E-state index in [0.717, 1.165) is 0 Å². The molecule has 0 saturated carbocycles. The summed E-state index contributed by atoms with van der Waals surface area (Å²) in [4.78, 5) is 21.8. The first-order valence-corrected chi connectivity index (χ1v) is 4.43. The molecule has 1 N–H and O–H groups in total. The van der Waals surface area contributed by atoms with Crippen molar-refractivity contribution in [3.8, 4) is 0 Å². The van der Waals surface area contributed by atoms with E-state index in [4.69, 9.17) is 9.84 Å². The quantitative estimate of drug-likeness (QED) is 0.610. The molecule has 84 valence electrons. The Bertz CT molecular complexity index is 370. The van der Waals surface area contributed by atoms with E-state index in [0.29, 0.717) is 6.42 Å². The maximum atomic E-state index is 11.4. The zero-order chi connectivity index (χ0) is 11.6. The van der Waals surface area contributed by atoms with E-state index in [9.17, 15) is 9.59 Å². The minimum absolute atomic E-state index is 0.399. The average molecular weight is 216 g/mol. The molecule has 0 amide bonds. The SMILES string of the molecule is CCC(C)(C)OC(=O)c1ooc1C(=O)O. The molecule has 0 saturated heterocycles. The van der Waals surface area contributed by atoms with Crippen molar-refractivity contribution in [3.05, 3.63) is 11.5 Å². The van der Waals surface area contributed by atoms with Crippen LogP contribution in [0.4, 0.5) is 0 Å². The summed E-state index contributed by atoms with van der Waals surface area (Å²) >= 11 is 0. The lowest BCUT2D eigenvalue weighted by Crippen LogP contribution is -2.28. The molecule has 0 unspecified atom stereocenters. The van der Waals surface area contributed by atoms with E-state index in [1.54, 1.807) is 13.8 Å². The van der Waals surface area contributed by atoms with Gasteiger partial charge in [0.1, 0.15) is 5.60 Å². The van der Waals surface area contributed by atoms with Gasteiger partial charge in [0.25, 0.3) is 0 Å². The van der Waals surface area contributed by atoms with Crippen LogP contribution in [0.5, 0.6) is 0 Å². The minimum atomic E-state index is -1.36. The summed E-state index contributed by atoms with van der Waals surface area (Å²) in [5, 5.41) is 8.54. The lowest BCUT2D eigenvalue weighted by molar-refractivity contribution is -0.0543. The van der Waals surface area contributed by atoms with Gasteiger partial charge in [-0.05, 0) is 20.3 Å². The number of esters is 1. The number of hydrogen-bond acceptors (Lipinski definition) is 5. The van der Waals surface area contributed by atoms with Crippen LogP contribution in [0.15, 0.2) is 9.15 Å². The van der Waals surface area contributed by atoms with E-state index in [-0.39, 0.29) is 0 Å². The molecule has 1 aromatic rings. The lowest BCUT2D eigenvalue weighted by Gasteiger charge is -2.22. The molecule has 0 aliphatic heterocycles. The average Bonchev–Trinajstić information content (AvgIpc) is 1.99. The van der Waals surface area contributed by atoms with E-state index in [1.807, 2.05) is 6.92 Å². The molecule has 15 heavy (non-hydrogen) atoms. The molecule has 0 radical (unpaired) electrons. The largest absolute Gasteiger partial charge is 0.475 e. The summed E-state index contributed by atoms with van der Waals surface area (Å²) < 4.78 is 13.4. The first-order chi connectivity index (χ1) is 6.87. The molecule has 0 aliphatic carbocycles. The highest BCUT2D eigenvalue weighted by molar-refractivity contribution is 5.98. The van der Waals surface area contributed by atoms with E-state index in [1.165, 1.54) is 0 Å². The second-order valence-electron chi connectivity index (χ2n) is 3.63. The minimum Gasteiger partial charge on any atom is -0.475 e. The second kappa shape index (κ2) is 3.80. The molecular weight excluding hydrogens is 204 g/mol. The van der Waals surface area contributed by atoms with E-state index < -0.39 is 29.1 Å². The van der Waals surface area contributed by atoms with Gasteiger partial charge in [-0.25, -0.2) is 9.59 Å². The number of carbonyl (C=O) groups is 2. The smallest absolute Gasteiger partial charge is 0.384 e. The second-order valence-corrected chi connectivity index (χ2v) is 3.63. The zero-order valence-corrected chi connectivity index (χ0v) is 8.70. The van der Waals surface area contributed by atoms with Crippen molar-refractivity contribution in [2.24, 2.45) is 0 Å². The van der Waals surface area contributed by atoms with Gasteiger partial charge >= 0.3 is 23.5 Å². The number of carboxylic acid groups (broad SMARTS) is 1. The van der Waals surface area contributed by atoms with E-state index in [2.05, 4.69) is 9.15 Å². The lowest BCUT2D eigenvalue weighted by atomic mass is 10.1. The first-order valence-electron chi connectivity index (χ1n) is 4.43. The molecule has 0 aromatic carbocycles. The third-order valence-corrected chi connectivity index (χ3v) is 2.01. The summed E-state index contributed by atoms with van der Waals surface area (Å²) in [5.74, 6) is -3.11. The number of ether oxygens (including phenoxy) is 1. The van der Waals surface area contributed by atoms with Crippen LogP contribution in [-0.2, 0) is 4.74 Å². The van der Waals surface area contributed by atoms with Crippen LogP contribution >= 0.6 is 0 Å². The van der Waals surface area contributed by atoms with Crippen LogP contribution in [0.2, 0.25) is 0 Å². The highest BCUT2D eigenvalue weighted by atomic mass is 17.0. The zero-order valence-electron chi connectivity index (χ0n) is 8.70. The number of carbonyl (C=O) groups excluding carboxylic acids is 1. The molecule has 6 heteroatoms. The van der Waals surface area contributed by atoms with Crippen LogP contribution in [0, 0.1) is 0 Å². The van der Waals surface area contributed by atoms with Crippen LogP contribution in [0.1, 0.15) is 48.3 Å². The highest BCUT2D eigenvalue weighted by Crippen LogP contribution is 2.20. The Kier molecular flexibility index (Phi) is 2.88. The maximum absolute atomic E-state index is 11.4. The molecule has 1 aromatic heterocycles. The van der Waals surface area contributed by atoms with Gasteiger partial charge in [-0.3, -0.25) is 9.15 Å². The molecular formula is C9H12O6.